The van der Waals surface area contributed by atoms with Gasteiger partial charge in [-0.2, -0.15) is 5.10 Å². The van der Waals surface area contributed by atoms with E-state index in [1.807, 2.05) is 0 Å². The van der Waals surface area contributed by atoms with Crippen molar-refractivity contribution in [3.63, 3.8) is 0 Å². The Morgan fingerprint density at radius 1 is 1.11 bits per heavy atom. The number of hydrogen-bond acceptors (Lipinski definition) is 4. The van der Waals surface area contributed by atoms with E-state index in [2.05, 4.69) is 27.2 Å². The van der Waals surface area contributed by atoms with Gasteiger partial charge in [0, 0.05) is 18.5 Å². The number of nitrogens with two attached hydrogens (primary N) is 1. The minimum atomic E-state index is 0.558. The van der Waals surface area contributed by atoms with Gasteiger partial charge in [-0.1, -0.05) is 6.42 Å². The molecular weight excluding hydrogens is 236 g/mol. The fourth-order valence-electron chi connectivity index (χ4n) is 3.21. The monoisotopic (exact) mass is 260 g/mol. The van der Waals surface area contributed by atoms with Crippen molar-refractivity contribution >= 4 is 5.82 Å². The van der Waals surface area contributed by atoms with Crippen LogP contribution in [0.2, 0.25) is 0 Å². The molecule has 19 heavy (non-hydrogen) atoms. The largest absolute Gasteiger partial charge is 0.352 e. The van der Waals surface area contributed by atoms with Gasteiger partial charge in [-0.3, -0.25) is 0 Å². The molecule has 1 aromatic heterocycles. The lowest BCUT2D eigenvalue weighted by atomic mass is 9.83. The lowest BCUT2D eigenvalue weighted by Gasteiger charge is -2.36. The molecule has 0 radical (unpaired) electrons. The second-order valence-corrected chi connectivity index (χ2v) is 5.86. The molecule has 0 spiro atoms. The fraction of sp³-hybridized carbons (Fsp3) is 0.733. The molecule has 104 valence electrons. The highest BCUT2D eigenvalue weighted by Crippen LogP contribution is 2.35. The summed E-state index contributed by atoms with van der Waals surface area (Å²) in [6.45, 7) is 1.86. The molecule has 1 unspecified atom stereocenters. The van der Waals surface area contributed by atoms with E-state index in [9.17, 15) is 0 Å². The fourth-order valence-corrected chi connectivity index (χ4v) is 3.21. The quantitative estimate of drug-likeness (QED) is 0.903. The molecule has 1 aliphatic heterocycles. The van der Waals surface area contributed by atoms with Crippen LogP contribution in [-0.2, 0) is 0 Å². The highest BCUT2D eigenvalue weighted by molar-refractivity contribution is 5.39. The minimum Gasteiger partial charge on any atom is -0.352 e. The molecule has 2 N–H and O–H groups in total. The Kier molecular flexibility index (Phi) is 3.97. The third-order valence-corrected chi connectivity index (χ3v) is 4.62. The molecule has 2 heterocycles. The molecule has 0 aromatic carbocycles. The van der Waals surface area contributed by atoms with Crippen LogP contribution >= 0.6 is 0 Å². The third-order valence-electron chi connectivity index (χ3n) is 4.62. The molecule has 1 saturated heterocycles. The van der Waals surface area contributed by atoms with Gasteiger partial charge in [-0.05, 0) is 57.2 Å². The first-order valence-corrected chi connectivity index (χ1v) is 7.69. The van der Waals surface area contributed by atoms with Crippen LogP contribution < -0.4 is 10.6 Å². The lowest BCUT2D eigenvalue weighted by Crippen LogP contribution is -2.41. The van der Waals surface area contributed by atoms with E-state index in [0.717, 1.165) is 25.3 Å². The summed E-state index contributed by atoms with van der Waals surface area (Å²) >= 11 is 0. The van der Waals surface area contributed by atoms with Crippen LogP contribution in [0.25, 0.3) is 0 Å². The summed E-state index contributed by atoms with van der Waals surface area (Å²) in [7, 11) is 0. The second-order valence-electron chi connectivity index (χ2n) is 5.86. The summed E-state index contributed by atoms with van der Waals surface area (Å²) in [6, 6.07) is 4.90. The number of nitrogens with zero attached hydrogens (tertiary/aromatic N) is 3. The average Bonchev–Trinajstić information content (AvgIpc) is 2.39. The summed E-state index contributed by atoms with van der Waals surface area (Å²) in [5, 5.41) is 8.92. The highest BCUT2D eigenvalue weighted by atomic mass is 15.3. The summed E-state index contributed by atoms with van der Waals surface area (Å²) in [4.78, 5) is 2.41. The van der Waals surface area contributed by atoms with E-state index in [0.29, 0.717) is 12.0 Å². The normalized spacial score (nSPS) is 24.3. The number of aromatic nitrogens is 2. The van der Waals surface area contributed by atoms with Gasteiger partial charge in [0.15, 0.2) is 5.82 Å². The smallest absolute Gasteiger partial charge is 0.151 e. The molecule has 3 rings (SSSR count). The van der Waals surface area contributed by atoms with Crippen LogP contribution in [0.5, 0.6) is 0 Å². The predicted molar refractivity (Wildman–Crippen MR) is 77.3 cm³/mol. The van der Waals surface area contributed by atoms with Crippen LogP contribution in [0.15, 0.2) is 12.1 Å². The van der Waals surface area contributed by atoms with E-state index in [4.69, 9.17) is 5.73 Å². The number of rotatable bonds is 4. The van der Waals surface area contributed by atoms with E-state index in [1.54, 1.807) is 0 Å². The van der Waals surface area contributed by atoms with Crippen molar-refractivity contribution in [3.8, 4) is 0 Å². The van der Waals surface area contributed by atoms with Crippen molar-refractivity contribution in [1.29, 1.82) is 0 Å². The summed E-state index contributed by atoms with van der Waals surface area (Å²) in [5.74, 6) is 1.71. The maximum atomic E-state index is 5.73. The topological polar surface area (TPSA) is 55.0 Å². The Balaban J connectivity index is 1.72. The molecular formula is C15H24N4. The van der Waals surface area contributed by atoms with Crippen LogP contribution in [-0.4, -0.2) is 29.3 Å². The molecule has 0 amide bonds. The number of anilines is 1. The van der Waals surface area contributed by atoms with E-state index in [1.165, 1.54) is 44.2 Å². The second kappa shape index (κ2) is 5.87. The SMILES string of the molecule is NCCC1CCCCN1c1ccc(C2CCC2)nn1. The Morgan fingerprint density at radius 3 is 2.63 bits per heavy atom. The van der Waals surface area contributed by atoms with Crippen LogP contribution in [0, 0.1) is 0 Å². The zero-order valence-corrected chi connectivity index (χ0v) is 11.6. The summed E-state index contributed by atoms with van der Waals surface area (Å²) < 4.78 is 0. The average molecular weight is 260 g/mol. The number of hydrogen-bond donors (Lipinski definition) is 1. The van der Waals surface area contributed by atoms with Gasteiger partial charge in [-0.15, -0.1) is 5.10 Å². The molecule has 1 saturated carbocycles. The molecule has 0 bridgehead atoms. The lowest BCUT2D eigenvalue weighted by molar-refractivity contribution is 0.406. The Morgan fingerprint density at radius 2 is 2.00 bits per heavy atom. The van der Waals surface area contributed by atoms with Gasteiger partial charge in [0.05, 0.1) is 5.69 Å². The Bertz CT molecular complexity index is 397. The first kappa shape index (κ1) is 12.9. The first-order chi connectivity index (χ1) is 9.38. The van der Waals surface area contributed by atoms with Gasteiger partial charge >= 0.3 is 0 Å². The summed E-state index contributed by atoms with van der Waals surface area (Å²) in [5.41, 5.74) is 6.91. The van der Waals surface area contributed by atoms with E-state index in [-0.39, 0.29) is 0 Å². The molecule has 2 aliphatic rings. The zero-order chi connectivity index (χ0) is 13.1. The zero-order valence-electron chi connectivity index (χ0n) is 11.6. The van der Waals surface area contributed by atoms with Crippen molar-refractivity contribution in [2.24, 2.45) is 5.73 Å². The van der Waals surface area contributed by atoms with Gasteiger partial charge in [0.2, 0.25) is 0 Å². The van der Waals surface area contributed by atoms with Gasteiger partial charge in [0.25, 0.3) is 0 Å². The van der Waals surface area contributed by atoms with Crippen LogP contribution in [0.3, 0.4) is 0 Å². The Hall–Kier alpha value is -1.16. The highest BCUT2D eigenvalue weighted by Gasteiger charge is 2.25. The van der Waals surface area contributed by atoms with Gasteiger partial charge in [-0.25, -0.2) is 0 Å². The van der Waals surface area contributed by atoms with Crippen LogP contribution in [0.1, 0.15) is 56.6 Å². The maximum absolute atomic E-state index is 5.73. The van der Waals surface area contributed by atoms with Crippen molar-refractivity contribution in [1.82, 2.24) is 10.2 Å². The van der Waals surface area contributed by atoms with Gasteiger partial charge in [0.1, 0.15) is 0 Å². The molecule has 1 aromatic rings. The van der Waals surface area contributed by atoms with Crippen molar-refractivity contribution in [2.75, 3.05) is 18.0 Å². The van der Waals surface area contributed by atoms with E-state index >= 15 is 0 Å². The predicted octanol–water partition coefficient (Wildman–Crippen LogP) is 2.45. The maximum Gasteiger partial charge on any atom is 0.151 e. The summed E-state index contributed by atoms with van der Waals surface area (Å²) in [6.07, 6.45) is 8.79. The number of piperidine rings is 1. The molecule has 4 heteroatoms. The molecule has 4 nitrogen and oxygen atoms in total. The molecule has 2 fully saturated rings. The van der Waals surface area contributed by atoms with Crippen molar-refractivity contribution in [2.45, 2.75) is 56.9 Å². The molecule has 1 atom stereocenters. The minimum absolute atomic E-state index is 0.558. The van der Waals surface area contributed by atoms with Crippen molar-refractivity contribution in [3.05, 3.63) is 17.8 Å². The van der Waals surface area contributed by atoms with E-state index < -0.39 is 0 Å². The Labute approximate surface area is 115 Å². The third kappa shape index (κ3) is 2.73. The standard InChI is InChI=1S/C15H24N4/c16-10-9-13-6-1-2-11-19(13)15-8-7-14(17-18-15)12-4-3-5-12/h7-8,12-13H,1-6,9-11,16H2. The molecule has 1 aliphatic carbocycles. The van der Waals surface area contributed by atoms with Crippen molar-refractivity contribution < 1.29 is 0 Å². The first-order valence-electron chi connectivity index (χ1n) is 7.69. The van der Waals surface area contributed by atoms with Crippen LogP contribution in [0.4, 0.5) is 5.82 Å². The van der Waals surface area contributed by atoms with Gasteiger partial charge < -0.3 is 10.6 Å².